The summed E-state index contributed by atoms with van der Waals surface area (Å²) in [5.41, 5.74) is 0.138. The zero-order valence-electron chi connectivity index (χ0n) is 9.76. The zero-order valence-corrected chi connectivity index (χ0v) is 9.76. The van der Waals surface area contributed by atoms with Gasteiger partial charge in [-0.3, -0.25) is 4.90 Å². The minimum absolute atomic E-state index is 0.0824. The molecule has 17 heavy (non-hydrogen) atoms. The molecule has 2 N–H and O–H groups in total. The summed E-state index contributed by atoms with van der Waals surface area (Å²) in [6.07, 6.45) is -0.101. The van der Waals surface area contributed by atoms with Crippen molar-refractivity contribution in [3.05, 3.63) is 11.3 Å². The number of rotatable bonds is 4. The average molecular weight is 243 g/mol. The standard InChI is InChI=1S/C11H17NO5/c1-2-16-11(15)8-6-12(10(14)9(8)13)5-7-3-4-17-7/h7,10,13-14H,2-6H2,1H3. The molecule has 0 aromatic rings. The number of hydrogen-bond acceptors (Lipinski definition) is 6. The zero-order chi connectivity index (χ0) is 12.4. The summed E-state index contributed by atoms with van der Waals surface area (Å²) in [5, 5.41) is 19.4. The number of aliphatic hydroxyl groups excluding tert-OH is 2. The van der Waals surface area contributed by atoms with Crippen LogP contribution in [0, 0.1) is 0 Å². The van der Waals surface area contributed by atoms with E-state index in [1.807, 2.05) is 0 Å². The molecule has 0 amide bonds. The Balaban J connectivity index is 1.96. The van der Waals surface area contributed by atoms with Crippen LogP contribution >= 0.6 is 0 Å². The van der Waals surface area contributed by atoms with E-state index in [1.165, 1.54) is 0 Å². The smallest absolute Gasteiger partial charge is 0.338 e. The summed E-state index contributed by atoms with van der Waals surface area (Å²) in [4.78, 5) is 13.1. The maximum absolute atomic E-state index is 11.5. The van der Waals surface area contributed by atoms with Gasteiger partial charge in [0.05, 0.1) is 18.3 Å². The molecule has 0 aliphatic carbocycles. The summed E-state index contributed by atoms with van der Waals surface area (Å²) in [6.45, 7) is 3.39. The van der Waals surface area contributed by atoms with Crippen molar-refractivity contribution in [1.82, 2.24) is 4.90 Å². The molecule has 96 valence electrons. The van der Waals surface area contributed by atoms with Gasteiger partial charge in [0, 0.05) is 19.7 Å². The number of carbonyl (C=O) groups is 1. The van der Waals surface area contributed by atoms with E-state index in [-0.39, 0.29) is 30.6 Å². The summed E-state index contributed by atoms with van der Waals surface area (Å²) in [7, 11) is 0. The van der Waals surface area contributed by atoms with Crippen LogP contribution in [0.3, 0.4) is 0 Å². The number of ether oxygens (including phenoxy) is 2. The van der Waals surface area contributed by atoms with Gasteiger partial charge in [-0.25, -0.2) is 4.79 Å². The van der Waals surface area contributed by atoms with Crippen molar-refractivity contribution in [3.63, 3.8) is 0 Å². The Kier molecular flexibility index (Phi) is 3.66. The summed E-state index contributed by atoms with van der Waals surface area (Å²) in [6, 6.07) is 0. The van der Waals surface area contributed by atoms with Crippen molar-refractivity contribution < 1.29 is 24.5 Å². The van der Waals surface area contributed by atoms with Gasteiger partial charge in [0.15, 0.2) is 6.23 Å². The Hall–Kier alpha value is -1.11. The Morgan fingerprint density at radius 3 is 2.88 bits per heavy atom. The van der Waals surface area contributed by atoms with Crippen molar-refractivity contribution in [2.45, 2.75) is 25.7 Å². The second-order valence-corrected chi connectivity index (χ2v) is 4.17. The molecule has 2 rings (SSSR count). The molecule has 2 aliphatic rings. The van der Waals surface area contributed by atoms with E-state index in [0.29, 0.717) is 6.54 Å². The predicted molar refractivity (Wildman–Crippen MR) is 58.2 cm³/mol. The van der Waals surface area contributed by atoms with Gasteiger partial charge in [-0.15, -0.1) is 0 Å². The van der Waals surface area contributed by atoms with Crippen molar-refractivity contribution in [3.8, 4) is 0 Å². The van der Waals surface area contributed by atoms with Gasteiger partial charge in [-0.1, -0.05) is 0 Å². The highest BCUT2D eigenvalue weighted by Gasteiger charge is 2.37. The fraction of sp³-hybridized carbons (Fsp3) is 0.727. The number of nitrogens with zero attached hydrogens (tertiary/aromatic N) is 1. The number of esters is 1. The van der Waals surface area contributed by atoms with Gasteiger partial charge in [-0.2, -0.15) is 0 Å². The van der Waals surface area contributed by atoms with E-state index >= 15 is 0 Å². The minimum Gasteiger partial charge on any atom is -0.507 e. The van der Waals surface area contributed by atoms with E-state index < -0.39 is 12.2 Å². The summed E-state index contributed by atoms with van der Waals surface area (Å²) >= 11 is 0. The Morgan fingerprint density at radius 2 is 2.35 bits per heavy atom. The van der Waals surface area contributed by atoms with E-state index in [2.05, 4.69) is 0 Å². The first-order chi connectivity index (χ1) is 8.13. The molecule has 1 fully saturated rings. The van der Waals surface area contributed by atoms with Crippen molar-refractivity contribution in [2.24, 2.45) is 0 Å². The van der Waals surface area contributed by atoms with Gasteiger partial charge < -0.3 is 19.7 Å². The highest BCUT2D eigenvalue weighted by molar-refractivity contribution is 5.90. The molecule has 2 atom stereocenters. The van der Waals surface area contributed by atoms with Gasteiger partial charge >= 0.3 is 5.97 Å². The molecule has 2 heterocycles. The minimum atomic E-state index is -1.13. The average Bonchev–Trinajstić information content (AvgIpc) is 2.51. The lowest BCUT2D eigenvalue weighted by Crippen LogP contribution is -2.43. The lowest BCUT2D eigenvalue weighted by molar-refractivity contribution is -0.138. The highest BCUT2D eigenvalue weighted by atomic mass is 16.5. The fourth-order valence-electron chi connectivity index (χ4n) is 1.94. The third-order valence-electron chi connectivity index (χ3n) is 3.01. The van der Waals surface area contributed by atoms with Crippen LogP contribution in [-0.4, -0.2) is 59.7 Å². The van der Waals surface area contributed by atoms with Crippen LogP contribution in [0.1, 0.15) is 13.3 Å². The van der Waals surface area contributed by atoms with Crippen LogP contribution in [0.2, 0.25) is 0 Å². The molecule has 0 aromatic heterocycles. The molecule has 2 unspecified atom stereocenters. The normalized spacial score (nSPS) is 29.3. The maximum Gasteiger partial charge on any atom is 0.338 e. The topological polar surface area (TPSA) is 79.2 Å². The second kappa shape index (κ2) is 5.03. The van der Waals surface area contributed by atoms with Crippen LogP contribution in [0.25, 0.3) is 0 Å². The Morgan fingerprint density at radius 1 is 1.65 bits per heavy atom. The third kappa shape index (κ3) is 2.43. The quantitative estimate of drug-likeness (QED) is 0.665. The molecule has 6 nitrogen and oxygen atoms in total. The molecule has 2 aliphatic heterocycles. The third-order valence-corrected chi connectivity index (χ3v) is 3.01. The molecular formula is C11H17NO5. The van der Waals surface area contributed by atoms with Crippen molar-refractivity contribution in [2.75, 3.05) is 26.3 Å². The molecule has 0 spiro atoms. The second-order valence-electron chi connectivity index (χ2n) is 4.17. The number of aliphatic hydroxyl groups is 2. The monoisotopic (exact) mass is 243 g/mol. The maximum atomic E-state index is 11.5. The van der Waals surface area contributed by atoms with Gasteiger partial charge in [-0.05, 0) is 13.3 Å². The van der Waals surface area contributed by atoms with Crippen LogP contribution in [0.5, 0.6) is 0 Å². The highest BCUT2D eigenvalue weighted by Crippen LogP contribution is 2.24. The van der Waals surface area contributed by atoms with E-state index in [0.717, 1.165) is 13.0 Å². The molecular weight excluding hydrogens is 226 g/mol. The Bertz CT molecular complexity index is 337. The van der Waals surface area contributed by atoms with Crippen LogP contribution in [-0.2, 0) is 14.3 Å². The predicted octanol–water partition coefficient (Wildman–Crippen LogP) is -0.216. The molecule has 0 saturated carbocycles. The van der Waals surface area contributed by atoms with Crippen molar-refractivity contribution >= 4 is 5.97 Å². The van der Waals surface area contributed by atoms with Crippen molar-refractivity contribution in [1.29, 1.82) is 0 Å². The summed E-state index contributed by atoms with van der Waals surface area (Å²) < 4.78 is 10.1. The van der Waals surface area contributed by atoms with Gasteiger partial charge in [0.25, 0.3) is 0 Å². The van der Waals surface area contributed by atoms with Crippen LogP contribution < -0.4 is 0 Å². The molecule has 6 heteroatoms. The molecule has 0 aromatic carbocycles. The van der Waals surface area contributed by atoms with E-state index in [4.69, 9.17) is 9.47 Å². The Labute approximate surface area is 99.4 Å². The number of hydrogen-bond donors (Lipinski definition) is 2. The summed E-state index contributed by atoms with van der Waals surface area (Å²) in [5.74, 6) is -0.871. The molecule has 0 bridgehead atoms. The first kappa shape index (κ1) is 12.3. The van der Waals surface area contributed by atoms with Gasteiger partial charge in [0.2, 0.25) is 0 Å². The van der Waals surface area contributed by atoms with Gasteiger partial charge in [0.1, 0.15) is 5.76 Å². The first-order valence-corrected chi connectivity index (χ1v) is 5.76. The molecule has 0 radical (unpaired) electrons. The number of carbonyl (C=O) groups excluding carboxylic acids is 1. The molecule has 1 saturated heterocycles. The lowest BCUT2D eigenvalue weighted by Gasteiger charge is -2.31. The fourth-order valence-corrected chi connectivity index (χ4v) is 1.94. The van der Waals surface area contributed by atoms with Crippen LogP contribution in [0.4, 0.5) is 0 Å². The lowest BCUT2D eigenvalue weighted by atomic mass is 10.2. The SMILES string of the molecule is CCOC(=O)C1=C(O)C(O)N(CC2CCO2)C1. The largest absolute Gasteiger partial charge is 0.507 e. The first-order valence-electron chi connectivity index (χ1n) is 5.76. The van der Waals surface area contributed by atoms with Crippen LogP contribution in [0.15, 0.2) is 11.3 Å². The van der Waals surface area contributed by atoms with E-state index in [9.17, 15) is 15.0 Å². The van der Waals surface area contributed by atoms with E-state index in [1.54, 1.807) is 11.8 Å².